The summed E-state index contributed by atoms with van der Waals surface area (Å²) in [5.41, 5.74) is 4.67. The summed E-state index contributed by atoms with van der Waals surface area (Å²) in [6, 6.07) is 10.5. The van der Waals surface area contributed by atoms with Gasteiger partial charge in [0.1, 0.15) is 0 Å². The number of fused-ring (bicyclic) bond motifs is 1. The van der Waals surface area contributed by atoms with Gasteiger partial charge in [-0.1, -0.05) is 49.6 Å². The molecule has 0 N–H and O–H groups in total. The average Bonchev–Trinajstić information content (AvgIpc) is 3.45. The SMILES string of the molecule is C1=C(c2ccc(CCN3CCCC3)cc2)C2CN(C3CCCCC3)CC2C1.Cl.Cl. The van der Waals surface area contributed by atoms with E-state index in [1.54, 1.807) is 5.57 Å². The molecular weight excluding hydrogens is 399 g/mol. The van der Waals surface area contributed by atoms with E-state index in [1.807, 2.05) is 0 Å². The molecule has 1 aromatic carbocycles. The van der Waals surface area contributed by atoms with E-state index < -0.39 is 0 Å². The molecule has 2 aliphatic carbocycles. The Hall–Kier alpha value is -0.540. The highest BCUT2D eigenvalue weighted by molar-refractivity contribution is 5.85. The summed E-state index contributed by atoms with van der Waals surface area (Å²) in [4.78, 5) is 5.47. The van der Waals surface area contributed by atoms with Crippen molar-refractivity contribution < 1.29 is 0 Å². The Bertz CT molecular complexity index is 660. The molecule has 0 amide bonds. The first kappa shape index (κ1) is 23.1. The zero-order valence-electron chi connectivity index (χ0n) is 17.7. The minimum atomic E-state index is 0. The van der Waals surface area contributed by atoms with Crippen molar-refractivity contribution in [2.24, 2.45) is 11.8 Å². The fourth-order valence-electron chi connectivity index (χ4n) is 6.16. The van der Waals surface area contributed by atoms with Crippen molar-refractivity contribution in [1.82, 2.24) is 9.80 Å². The van der Waals surface area contributed by atoms with Crippen LogP contribution in [-0.4, -0.2) is 48.6 Å². The molecule has 1 saturated carbocycles. The Morgan fingerprint density at radius 1 is 0.828 bits per heavy atom. The Morgan fingerprint density at radius 2 is 1.55 bits per heavy atom. The molecule has 0 radical (unpaired) electrons. The Balaban J connectivity index is 0.00000120. The van der Waals surface area contributed by atoms with Crippen molar-refractivity contribution in [2.45, 2.75) is 63.8 Å². The molecule has 2 atom stereocenters. The molecule has 3 fully saturated rings. The summed E-state index contributed by atoms with van der Waals surface area (Å²) in [7, 11) is 0. The zero-order valence-corrected chi connectivity index (χ0v) is 19.4. The first-order valence-corrected chi connectivity index (χ1v) is 11.6. The van der Waals surface area contributed by atoms with Crippen molar-refractivity contribution in [1.29, 1.82) is 0 Å². The van der Waals surface area contributed by atoms with E-state index in [4.69, 9.17) is 0 Å². The van der Waals surface area contributed by atoms with Crippen molar-refractivity contribution >= 4 is 30.4 Å². The largest absolute Gasteiger partial charge is 0.303 e. The second-order valence-corrected chi connectivity index (χ2v) is 9.50. The van der Waals surface area contributed by atoms with Crippen LogP contribution in [0.5, 0.6) is 0 Å². The molecule has 2 saturated heterocycles. The highest BCUT2D eigenvalue weighted by Gasteiger charge is 2.40. The molecule has 2 aliphatic heterocycles. The fourth-order valence-corrected chi connectivity index (χ4v) is 6.16. The van der Waals surface area contributed by atoms with Gasteiger partial charge in [0, 0.05) is 31.6 Å². The average molecular weight is 437 g/mol. The van der Waals surface area contributed by atoms with Crippen molar-refractivity contribution in [3.8, 4) is 0 Å². The maximum atomic E-state index is 2.85. The first-order valence-electron chi connectivity index (χ1n) is 11.6. The highest BCUT2D eigenvalue weighted by Crippen LogP contribution is 2.44. The lowest BCUT2D eigenvalue weighted by Gasteiger charge is -2.31. The molecule has 0 spiro atoms. The highest BCUT2D eigenvalue weighted by atomic mass is 35.5. The summed E-state index contributed by atoms with van der Waals surface area (Å²) < 4.78 is 0. The van der Waals surface area contributed by atoms with Crippen LogP contribution in [0.1, 0.15) is 62.5 Å². The van der Waals surface area contributed by atoms with Gasteiger partial charge in [-0.3, -0.25) is 4.90 Å². The molecule has 2 unspecified atom stereocenters. The number of hydrogen-bond acceptors (Lipinski definition) is 2. The van der Waals surface area contributed by atoms with Crippen molar-refractivity contribution in [3.63, 3.8) is 0 Å². The molecule has 29 heavy (non-hydrogen) atoms. The van der Waals surface area contributed by atoms with E-state index >= 15 is 0 Å². The minimum Gasteiger partial charge on any atom is -0.303 e. The summed E-state index contributed by atoms with van der Waals surface area (Å²) >= 11 is 0. The fraction of sp³-hybridized carbons (Fsp3) is 0.680. The molecule has 4 heteroatoms. The van der Waals surface area contributed by atoms with Crippen LogP contribution in [-0.2, 0) is 6.42 Å². The number of halogens is 2. The summed E-state index contributed by atoms with van der Waals surface area (Å²) in [5.74, 6) is 1.68. The van der Waals surface area contributed by atoms with Gasteiger partial charge in [0.25, 0.3) is 0 Å². The van der Waals surface area contributed by atoms with Crippen LogP contribution < -0.4 is 0 Å². The Morgan fingerprint density at radius 3 is 2.28 bits per heavy atom. The summed E-state index contributed by atoms with van der Waals surface area (Å²) in [6.45, 7) is 6.53. The van der Waals surface area contributed by atoms with Crippen LogP contribution in [0.4, 0.5) is 0 Å². The monoisotopic (exact) mass is 436 g/mol. The smallest absolute Gasteiger partial charge is 0.00956 e. The van der Waals surface area contributed by atoms with Crippen molar-refractivity contribution in [2.75, 3.05) is 32.7 Å². The second-order valence-electron chi connectivity index (χ2n) is 9.50. The maximum absolute atomic E-state index is 2.85. The second kappa shape index (κ2) is 10.7. The summed E-state index contributed by atoms with van der Waals surface area (Å²) in [5, 5.41) is 0. The molecule has 162 valence electrons. The van der Waals surface area contributed by atoms with E-state index in [0.717, 1.165) is 17.9 Å². The lowest BCUT2D eigenvalue weighted by atomic mass is 9.90. The van der Waals surface area contributed by atoms with E-state index in [2.05, 4.69) is 40.1 Å². The van der Waals surface area contributed by atoms with Gasteiger partial charge in [-0.05, 0) is 74.2 Å². The van der Waals surface area contributed by atoms with Gasteiger partial charge < -0.3 is 4.90 Å². The predicted molar refractivity (Wildman–Crippen MR) is 128 cm³/mol. The first-order chi connectivity index (χ1) is 13.4. The third kappa shape index (κ3) is 5.21. The molecule has 2 heterocycles. The van der Waals surface area contributed by atoms with E-state index in [-0.39, 0.29) is 24.8 Å². The Labute approximate surface area is 189 Å². The number of allylic oxidation sites excluding steroid dienone is 1. The predicted octanol–water partition coefficient (Wildman–Crippen LogP) is 5.84. The lowest BCUT2D eigenvalue weighted by Crippen LogP contribution is -2.35. The molecule has 0 aromatic heterocycles. The molecule has 2 nitrogen and oxygen atoms in total. The Kier molecular flexibility index (Phi) is 8.51. The standard InChI is InChI=1S/C25H36N2.2ClH/c1-2-6-23(7-3-1)27-18-22-12-13-24(25(22)19-27)21-10-8-20(9-11-21)14-17-26-15-4-5-16-26;;/h8-11,13,22-23,25H,1-7,12,14-19H2;2*1H. The van der Waals surface area contributed by atoms with Gasteiger partial charge in [-0.2, -0.15) is 0 Å². The zero-order chi connectivity index (χ0) is 18.1. The van der Waals surface area contributed by atoms with Crippen LogP contribution in [0.3, 0.4) is 0 Å². The van der Waals surface area contributed by atoms with Gasteiger partial charge in [-0.25, -0.2) is 0 Å². The molecular formula is C25H38Cl2N2. The number of likely N-dealkylation sites (tertiary alicyclic amines) is 2. The van der Waals surface area contributed by atoms with E-state index in [9.17, 15) is 0 Å². The number of benzene rings is 1. The third-order valence-electron chi connectivity index (χ3n) is 7.80. The van der Waals surface area contributed by atoms with Crippen LogP contribution in [0.25, 0.3) is 5.57 Å². The normalized spacial score (nSPS) is 27.9. The van der Waals surface area contributed by atoms with Gasteiger partial charge in [-0.15, -0.1) is 24.8 Å². The van der Waals surface area contributed by atoms with Gasteiger partial charge in [0.15, 0.2) is 0 Å². The molecule has 4 aliphatic rings. The van der Waals surface area contributed by atoms with Crippen LogP contribution >= 0.6 is 24.8 Å². The minimum absolute atomic E-state index is 0. The summed E-state index contributed by atoms with van der Waals surface area (Å²) in [6.07, 6.45) is 15.1. The topological polar surface area (TPSA) is 6.48 Å². The van der Waals surface area contributed by atoms with Gasteiger partial charge in [0.05, 0.1) is 0 Å². The van der Waals surface area contributed by atoms with E-state index in [0.29, 0.717) is 0 Å². The van der Waals surface area contributed by atoms with Crippen LogP contribution in [0.15, 0.2) is 30.3 Å². The lowest BCUT2D eigenvalue weighted by molar-refractivity contribution is 0.183. The van der Waals surface area contributed by atoms with E-state index in [1.165, 1.54) is 102 Å². The van der Waals surface area contributed by atoms with Crippen molar-refractivity contribution in [3.05, 3.63) is 41.5 Å². The van der Waals surface area contributed by atoms with Crippen LogP contribution in [0.2, 0.25) is 0 Å². The maximum Gasteiger partial charge on any atom is 0.00956 e. The molecule has 0 bridgehead atoms. The number of nitrogens with zero attached hydrogens (tertiary/aromatic N) is 2. The quantitative estimate of drug-likeness (QED) is 0.571. The van der Waals surface area contributed by atoms with Crippen LogP contribution in [0, 0.1) is 11.8 Å². The van der Waals surface area contributed by atoms with Gasteiger partial charge in [0.2, 0.25) is 0 Å². The molecule has 5 rings (SSSR count). The number of rotatable bonds is 5. The third-order valence-corrected chi connectivity index (χ3v) is 7.80. The van der Waals surface area contributed by atoms with Gasteiger partial charge >= 0.3 is 0 Å². The molecule has 1 aromatic rings. The number of hydrogen-bond donors (Lipinski definition) is 0.